The van der Waals surface area contributed by atoms with Gasteiger partial charge < -0.3 is 15.0 Å². The number of hydrogen-bond acceptors (Lipinski definition) is 3. The van der Waals surface area contributed by atoms with Crippen molar-refractivity contribution in [3.05, 3.63) is 48.0 Å². The SMILES string of the molecule is O=C(NCc1ncc[nH]1)[C@H]1CCOc2ccccc2C1. The highest BCUT2D eigenvalue weighted by Crippen LogP contribution is 2.26. The zero-order chi connectivity index (χ0) is 13.8. The van der Waals surface area contributed by atoms with Gasteiger partial charge in [0.2, 0.25) is 5.91 Å². The number of nitrogens with zero attached hydrogens (tertiary/aromatic N) is 1. The van der Waals surface area contributed by atoms with Crippen molar-refractivity contribution < 1.29 is 9.53 Å². The lowest BCUT2D eigenvalue weighted by atomic mass is 9.96. The number of aromatic amines is 1. The van der Waals surface area contributed by atoms with Gasteiger partial charge in [0.1, 0.15) is 11.6 Å². The van der Waals surface area contributed by atoms with Gasteiger partial charge in [-0.3, -0.25) is 4.79 Å². The number of hydrogen-bond donors (Lipinski definition) is 2. The third-order valence-electron chi connectivity index (χ3n) is 3.52. The molecule has 2 aromatic rings. The molecular weight excluding hydrogens is 254 g/mol. The van der Waals surface area contributed by atoms with Crippen molar-refractivity contribution in [2.75, 3.05) is 6.61 Å². The van der Waals surface area contributed by atoms with Crippen molar-refractivity contribution in [2.45, 2.75) is 19.4 Å². The van der Waals surface area contributed by atoms with E-state index in [-0.39, 0.29) is 11.8 Å². The minimum atomic E-state index is -0.0476. The van der Waals surface area contributed by atoms with Crippen LogP contribution in [0.15, 0.2) is 36.7 Å². The lowest BCUT2D eigenvalue weighted by Gasteiger charge is -2.13. The molecule has 2 heterocycles. The average Bonchev–Trinajstić information content (AvgIpc) is 2.89. The first-order valence-electron chi connectivity index (χ1n) is 6.79. The molecule has 0 spiro atoms. The number of nitrogens with one attached hydrogen (secondary N) is 2. The minimum Gasteiger partial charge on any atom is -0.493 e. The number of imidazole rings is 1. The van der Waals surface area contributed by atoms with Crippen LogP contribution in [0.25, 0.3) is 0 Å². The van der Waals surface area contributed by atoms with Gasteiger partial charge in [0.25, 0.3) is 0 Å². The summed E-state index contributed by atoms with van der Waals surface area (Å²) in [7, 11) is 0. The van der Waals surface area contributed by atoms with Gasteiger partial charge in [0.05, 0.1) is 13.2 Å². The smallest absolute Gasteiger partial charge is 0.223 e. The molecule has 3 rings (SSSR count). The number of carbonyl (C=O) groups excluding carboxylic acids is 1. The fourth-order valence-electron chi connectivity index (χ4n) is 2.43. The Morgan fingerprint density at radius 2 is 2.35 bits per heavy atom. The van der Waals surface area contributed by atoms with E-state index in [4.69, 9.17) is 4.74 Å². The molecule has 0 fully saturated rings. The standard InChI is InChI=1S/C15H17N3O2/c19-15(18-10-14-16-6-7-17-14)12-5-8-20-13-4-2-1-3-11(13)9-12/h1-4,6-7,12H,5,8-10H2,(H,16,17)(H,18,19)/t12-/m0/s1. The number of rotatable bonds is 3. The molecule has 1 aliphatic heterocycles. The first-order valence-corrected chi connectivity index (χ1v) is 6.79. The Morgan fingerprint density at radius 3 is 3.20 bits per heavy atom. The molecule has 0 saturated heterocycles. The number of carbonyl (C=O) groups is 1. The number of para-hydroxylation sites is 1. The third-order valence-corrected chi connectivity index (χ3v) is 3.52. The van der Waals surface area contributed by atoms with Crippen LogP contribution in [0.4, 0.5) is 0 Å². The summed E-state index contributed by atoms with van der Waals surface area (Å²) >= 11 is 0. The number of aromatic nitrogens is 2. The van der Waals surface area contributed by atoms with Gasteiger partial charge in [-0.2, -0.15) is 0 Å². The molecule has 0 radical (unpaired) electrons. The quantitative estimate of drug-likeness (QED) is 0.892. The third kappa shape index (κ3) is 2.82. The summed E-state index contributed by atoms with van der Waals surface area (Å²) in [5.74, 6) is 1.67. The fourth-order valence-corrected chi connectivity index (χ4v) is 2.43. The molecule has 5 heteroatoms. The Hall–Kier alpha value is -2.30. The lowest BCUT2D eigenvalue weighted by molar-refractivity contribution is -0.125. The van der Waals surface area contributed by atoms with Gasteiger partial charge in [0, 0.05) is 18.3 Å². The monoisotopic (exact) mass is 271 g/mol. The van der Waals surface area contributed by atoms with Gasteiger partial charge in [-0.05, 0) is 24.5 Å². The maximum Gasteiger partial charge on any atom is 0.223 e. The molecule has 20 heavy (non-hydrogen) atoms. The molecule has 0 aliphatic carbocycles. The van der Waals surface area contributed by atoms with Crippen LogP contribution >= 0.6 is 0 Å². The zero-order valence-corrected chi connectivity index (χ0v) is 11.1. The van der Waals surface area contributed by atoms with Crippen LogP contribution in [0.5, 0.6) is 5.75 Å². The minimum absolute atomic E-state index is 0.0476. The van der Waals surface area contributed by atoms with E-state index >= 15 is 0 Å². The van der Waals surface area contributed by atoms with Crippen LogP contribution in [-0.4, -0.2) is 22.5 Å². The maximum atomic E-state index is 12.2. The van der Waals surface area contributed by atoms with Crippen molar-refractivity contribution in [1.29, 1.82) is 0 Å². The van der Waals surface area contributed by atoms with E-state index in [1.54, 1.807) is 12.4 Å². The second-order valence-electron chi connectivity index (χ2n) is 4.90. The van der Waals surface area contributed by atoms with Crippen LogP contribution in [-0.2, 0) is 17.8 Å². The molecule has 0 bridgehead atoms. The Labute approximate surface area is 117 Å². The van der Waals surface area contributed by atoms with E-state index in [1.165, 1.54) is 0 Å². The molecular formula is C15H17N3O2. The first-order chi connectivity index (χ1) is 9.83. The highest BCUT2D eigenvalue weighted by molar-refractivity contribution is 5.79. The molecule has 0 saturated carbocycles. The van der Waals surface area contributed by atoms with E-state index in [2.05, 4.69) is 15.3 Å². The Balaban J connectivity index is 1.63. The number of H-pyrrole nitrogens is 1. The zero-order valence-electron chi connectivity index (χ0n) is 11.1. The van der Waals surface area contributed by atoms with E-state index < -0.39 is 0 Å². The number of fused-ring (bicyclic) bond motifs is 1. The first kappa shape index (κ1) is 12.7. The van der Waals surface area contributed by atoms with Crippen LogP contribution in [0, 0.1) is 5.92 Å². The predicted molar refractivity (Wildman–Crippen MR) is 74.2 cm³/mol. The summed E-state index contributed by atoms with van der Waals surface area (Å²) in [6, 6.07) is 7.91. The molecule has 1 amide bonds. The maximum absolute atomic E-state index is 12.2. The van der Waals surface area contributed by atoms with Crippen molar-refractivity contribution in [2.24, 2.45) is 5.92 Å². The van der Waals surface area contributed by atoms with E-state index in [9.17, 15) is 4.79 Å². The fraction of sp³-hybridized carbons (Fsp3) is 0.333. The summed E-state index contributed by atoms with van der Waals surface area (Å²) in [4.78, 5) is 19.3. The largest absolute Gasteiger partial charge is 0.493 e. The Morgan fingerprint density at radius 1 is 1.45 bits per heavy atom. The summed E-state index contributed by atoms with van der Waals surface area (Å²) in [5.41, 5.74) is 1.10. The van der Waals surface area contributed by atoms with Gasteiger partial charge in [-0.25, -0.2) is 4.98 Å². The molecule has 1 aliphatic rings. The Kier molecular flexibility index (Phi) is 3.67. The highest BCUT2D eigenvalue weighted by atomic mass is 16.5. The van der Waals surface area contributed by atoms with E-state index in [1.807, 2.05) is 24.3 Å². The summed E-state index contributed by atoms with van der Waals surface area (Å²) in [6.45, 7) is 1.01. The highest BCUT2D eigenvalue weighted by Gasteiger charge is 2.23. The molecule has 5 nitrogen and oxygen atoms in total. The van der Waals surface area contributed by atoms with Crippen molar-refractivity contribution in [1.82, 2.24) is 15.3 Å². The van der Waals surface area contributed by atoms with Gasteiger partial charge in [-0.1, -0.05) is 18.2 Å². The molecule has 0 unspecified atom stereocenters. The molecule has 1 aromatic heterocycles. The number of benzene rings is 1. The van der Waals surface area contributed by atoms with E-state index in [0.717, 1.165) is 30.0 Å². The van der Waals surface area contributed by atoms with E-state index in [0.29, 0.717) is 13.2 Å². The second kappa shape index (κ2) is 5.77. The predicted octanol–water partition coefficient (Wildman–Crippen LogP) is 1.67. The van der Waals surface area contributed by atoms with Crippen LogP contribution < -0.4 is 10.1 Å². The normalized spacial score (nSPS) is 17.7. The number of amides is 1. The van der Waals surface area contributed by atoms with Gasteiger partial charge >= 0.3 is 0 Å². The van der Waals surface area contributed by atoms with Gasteiger partial charge in [-0.15, -0.1) is 0 Å². The number of ether oxygens (including phenoxy) is 1. The van der Waals surface area contributed by atoms with Crippen LogP contribution in [0.1, 0.15) is 17.8 Å². The van der Waals surface area contributed by atoms with Crippen LogP contribution in [0.2, 0.25) is 0 Å². The summed E-state index contributed by atoms with van der Waals surface area (Å²) < 4.78 is 5.68. The topological polar surface area (TPSA) is 67.0 Å². The summed E-state index contributed by atoms with van der Waals surface area (Å²) in [6.07, 6.45) is 4.88. The summed E-state index contributed by atoms with van der Waals surface area (Å²) in [5, 5.41) is 2.93. The van der Waals surface area contributed by atoms with Gasteiger partial charge in [0.15, 0.2) is 0 Å². The van der Waals surface area contributed by atoms with Crippen molar-refractivity contribution >= 4 is 5.91 Å². The molecule has 1 atom stereocenters. The average molecular weight is 271 g/mol. The molecule has 104 valence electrons. The van der Waals surface area contributed by atoms with Crippen LogP contribution in [0.3, 0.4) is 0 Å². The molecule has 1 aromatic carbocycles. The lowest BCUT2D eigenvalue weighted by Crippen LogP contribution is -2.32. The Bertz CT molecular complexity index is 581. The molecule has 2 N–H and O–H groups in total. The second-order valence-corrected chi connectivity index (χ2v) is 4.90. The van der Waals surface area contributed by atoms with Crippen molar-refractivity contribution in [3.8, 4) is 5.75 Å². The van der Waals surface area contributed by atoms with Crippen molar-refractivity contribution in [3.63, 3.8) is 0 Å².